The second-order valence-electron chi connectivity index (χ2n) is 7.16. The Bertz CT molecular complexity index is 517. The topological polar surface area (TPSA) is 64.6 Å². The molecular formula is C19H32O7Si. The van der Waals surface area contributed by atoms with Crippen LogP contribution < -0.4 is 0 Å². The van der Waals surface area contributed by atoms with Crippen LogP contribution in [0.4, 0.5) is 0 Å². The third-order valence-electron chi connectivity index (χ3n) is 3.72. The van der Waals surface area contributed by atoms with Gasteiger partial charge < -0.3 is 33.2 Å². The zero-order valence-electron chi connectivity index (χ0n) is 17.2. The van der Waals surface area contributed by atoms with Gasteiger partial charge in [-0.25, -0.2) is 0 Å². The zero-order chi connectivity index (χ0) is 20.3. The van der Waals surface area contributed by atoms with Crippen molar-refractivity contribution in [1.29, 1.82) is 0 Å². The monoisotopic (exact) mass is 400 g/mol. The molecule has 154 valence electrons. The molecule has 0 aromatic rings. The molecule has 5 atom stereocenters. The van der Waals surface area contributed by atoms with Crippen molar-refractivity contribution in [3.63, 3.8) is 0 Å². The number of hydrogen-bond acceptors (Lipinski definition) is 7. The third kappa shape index (κ3) is 8.30. The van der Waals surface area contributed by atoms with Gasteiger partial charge in [0.05, 0.1) is 18.6 Å². The summed E-state index contributed by atoms with van der Waals surface area (Å²) in [5.41, 5.74) is 3.33. The molecule has 0 aliphatic carbocycles. The van der Waals surface area contributed by atoms with E-state index < -0.39 is 38.4 Å². The molecule has 1 fully saturated rings. The molecule has 1 rings (SSSR count). The molecule has 0 N–H and O–H groups in total. The SMILES string of the molecule is C#C[C@H]1[C@H](OCOC)[C@@H](OCOC)[C@@H](C#C[Si](C)(C)C)O[C@@H]1COCOC. The molecule has 1 aliphatic rings. The first kappa shape index (κ1) is 24.1. The van der Waals surface area contributed by atoms with Crippen molar-refractivity contribution < 1.29 is 33.2 Å². The lowest BCUT2D eigenvalue weighted by molar-refractivity contribution is -0.246. The summed E-state index contributed by atoms with van der Waals surface area (Å²) in [5, 5.41) is 0. The van der Waals surface area contributed by atoms with Crippen LogP contribution in [0.2, 0.25) is 19.6 Å². The van der Waals surface area contributed by atoms with Crippen molar-refractivity contribution >= 4 is 8.07 Å². The van der Waals surface area contributed by atoms with Crippen LogP contribution in [-0.4, -0.2) is 80.8 Å². The van der Waals surface area contributed by atoms with Gasteiger partial charge in [0.15, 0.2) is 0 Å². The second kappa shape index (κ2) is 12.5. The van der Waals surface area contributed by atoms with Crippen molar-refractivity contribution in [2.75, 3.05) is 48.3 Å². The largest absolute Gasteiger partial charge is 0.359 e. The minimum Gasteiger partial charge on any atom is -0.359 e. The van der Waals surface area contributed by atoms with Crippen LogP contribution in [0.15, 0.2) is 0 Å². The fourth-order valence-corrected chi connectivity index (χ4v) is 3.18. The molecule has 0 bridgehead atoms. The minimum atomic E-state index is -1.61. The fraction of sp³-hybridized carbons (Fsp3) is 0.789. The van der Waals surface area contributed by atoms with Crippen LogP contribution in [0.3, 0.4) is 0 Å². The Kier molecular flexibility index (Phi) is 11.2. The maximum Gasteiger partial charge on any atom is 0.147 e. The van der Waals surface area contributed by atoms with E-state index in [-0.39, 0.29) is 27.0 Å². The maximum absolute atomic E-state index is 6.18. The van der Waals surface area contributed by atoms with Crippen LogP contribution in [0, 0.1) is 29.7 Å². The minimum absolute atomic E-state index is 0.0775. The van der Waals surface area contributed by atoms with Gasteiger partial charge in [-0.3, -0.25) is 0 Å². The molecule has 8 heteroatoms. The maximum atomic E-state index is 6.18. The van der Waals surface area contributed by atoms with Crippen LogP contribution in [0.1, 0.15) is 0 Å². The second-order valence-corrected chi connectivity index (χ2v) is 11.9. The van der Waals surface area contributed by atoms with E-state index in [4.69, 9.17) is 39.6 Å². The molecule has 1 aliphatic heterocycles. The van der Waals surface area contributed by atoms with Crippen molar-refractivity contribution in [3.05, 3.63) is 0 Å². The Balaban J connectivity index is 3.13. The predicted molar refractivity (Wildman–Crippen MR) is 103 cm³/mol. The zero-order valence-corrected chi connectivity index (χ0v) is 18.2. The van der Waals surface area contributed by atoms with Gasteiger partial charge >= 0.3 is 0 Å². The molecule has 0 aromatic carbocycles. The van der Waals surface area contributed by atoms with E-state index in [1.165, 1.54) is 0 Å². The summed E-state index contributed by atoms with van der Waals surface area (Å²) in [4.78, 5) is 0. The summed E-state index contributed by atoms with van der Waals surface area (Å²) in [5.74, 6) is 5.58. The average Bonchev–Trinajstić information content (AvgIpc) is 2.62. The van der Waals surface area contributed by atoms with Gasteiger partial charge in [0, 0.05) is 21.3 Å². The Morgan fingerprint density at radius 3 is 2.04 bits per heavy atom. The lowest BCUT2D eigenvalue weighted by Gasteiger charge is -2.43. The lowest BCUT2D eigenvalue weighted by atomic mass is 9.87. The van der Waals surface area contributed by atoms with Crippen LogP contribution in [-0.2, 0) is 33.2 Å². The molecule has 27 heavy (non-hydrogen) atoms. The summed E-state index contributed by atoms with van der Waals surface area (Å²) in [7, 11) is 3.05. The number of methoxy groups -OCH3 is 3. The normalized spacial score (nSPS) is 28.3. The Morgan fingerprint density at radius 2 is 1.52 bits per heavy atom. The number of rotatable bonds is 10. The van der Waals surface area contributed by atoms with Gasteiger partial charge in [0.1, 0.15) is 46.8 Å². The first-order valence-electron chi connectivity index (χ1n) is 8.80. The number of terminal acetylenes is 1. The van der Waals surface area contributed by atoms with Gasteiger partial charge in [0.25, 0.3) is 0 Å². The van der Waals surface area contributed by atoms with Crippen LogP contribution in [0.25, 0.3) is 0 Å². The van der Waals surface area contributed by atoms with E-state index in [9.17, 15) is 0 Å². The summed E-state index contributed by atoms with van der Waals surface area (Å²) in [6.07, 6.45) is 3.87. The molecule has 0 unspecified atom stereocenters. The quantitative estimate of drug-likeness (QED) is 0.238. The van der Waals surface area contributed by atoms with E-state index in [0.717, 1.165) is 0 Å². The number of hydrogen-bond donors (Lipinski definition) is 0. The molecule has 7 nitrogen and oxygen atoms in total. The summed E-state index contributed by atoms with van der Waals surface area (Å²) >= 11 is 0. The molecule has 0 saturated carbocycles. The Hall–Kier alpha value is -0.943. The van der Waals surface area contributed by atoms with Gasteiger partial charge in [-0.1, -0.05) is 31.5 Å². The molecule has 1 heterocycles. The standard InChI is InChI=1S/C19H32O7Si/c1-8-15-17(11-23-12-20-2)26-16(9-10-27(5,6)7)19(25-14-22-4)18(15)24-13-21-3/h1,15-19H,11-14H2,2-7H3/t15-,16-,17-,18+,19+/m1/s1. The first-order valence-corrected chi connectivity index (χ1v) is 12.3. The smallest absolute Gasteiger partial charge is 0.147 e. The van der Waals surface area contributed by atoms with Crippen molar-refractivity contribution in [1.82, 2.24) is 0 Å². The Labute approximate surface area is 163 Å². The fourth-order valence-electron chi connectivity index (χ4n) is 2.61. The summed E-state index contributed by atoms with van der Waals surface area (Å²) in [6, 6.07) is 0. The van der Waals surface area contributed by atoms with Crippen molar-refractivity contribution in [2.45, 2.75) is 44.1 Å². The van der Waals surface area contributed by atoms with E-state index in [1.54, 1.807) is 21.3 Å². The van der Waals surface area contributed by atoms with E-state index in [2.05, 4.69) is 37.0 Å². The highest BCUT2D eigenvalue weighted by molar-refractivity contribution is 6.83. The van der Waals surface area contributed by atoms with Crippen LogP contribution in [0.5, 0.6) is 0 Å². The van der Waals surface area contributed by atoms with E-state index in [1.807, 2.05) is 0 Å². The first-order chi connectivity index (χ1) is 12.9. The highest BCUT2D eigenvalue weighted by Gasteiger charge is 2.46. The van der Waals surface area contributed by atoms with Crippen LogP contribution >= 0.6 is 0 Å². The Morgan fingerprint density at radius 1 is 0.926 bits per heavy atom. The van der Waals surface area contributed by atoms with Crippen molar-refractivity contribution in [3.8, 4) is 23.8 Å². The molecular weight excluding hydrogens is 368 g/mol. The third-order valence-corrected chi connectivity index (χ3v) is 4.61. The van der Waals surface area contributed by atoms with Gasteiger partial charge in [-0.15, -0.1) is 12.0 Å². The molecule has 0 radical (unpaired) electrons. The average molecular weight is 401 g/mol. The molecule has 0 spiro atoms. The van der Waals surface area contributed by atoms with Crippen molar-refractivity contribution in [2.24, 2.45) is 5.92 Å². The van der Waals surface area contributed by atoms with Gasteiger partial charge in [0.2, 0.25) is 0 Å². The van der Waals surface area contributed by atoms with Gasteiger partial charge in [-0.05, 0) is 0 Å². The summed E-state index contributed by atoms with van der Waals surface area (Å²) < 4.78 is 38.5. The predicted octanol–water partition coefficient (Wildman–Crippen LogP) is 1.48. The molecule has 1 saturated heterocycles. The van der Waals surface area contributed by atoms with E-state index >= 15 is 0 Å². The molecule has 0 aromatic heterocycles. The highest BCUT2D eigenvalue weighted by atomic mass is 28.3. The molecule has 0 amide bonds. The van der Waals surface area contributed by atoms with Gasteiger partial charge in [-0.2, -0.15) is 0 Å². The van der Waals surface area contributed by atoms with E-state index in [0.29, 0.717) is 0 Å². The number of ether oxygens (including phenoxy) is 7. The lowest BCUT2D eigenvalue weighted by Crippen LogP contribution is -2.57. The summed E-state index contributed by atoms with van der Waals surface area (Å²) in [6.45, 7) is 7.05. The highest BCUT2D eigenvalue weighted by Crippen LogP contribution is 2.30.